The van der Waals surface area contributed by atoms with Gasteiger partial charge in [0.1, 0.15) is 0 Å². The van der Waals surface area contributed by atoms with Crippen LogP contribution in [-0.4, -0.2) is 0 Å². The molecule has 0 amide bonds. The Hall–Kier alpha value is -8.32. The molecule has 312 valence electrons. The van der Waals surface area contributed by atoms with Crippen molar-refractivity contribution in [2.24, 2.45) is 0 Å². The predicted molar refractivity (Wildman–Crippen MR) is 288 cm³/mol. The topological polar surface area (TPSA) is 0 Å². The molecule has 0 nitrogen and oxygen atoms in total. The van der Waals surface area contributed by atoms with E-state index >= 15 is 0 Å². The van der Waals surface area contributed by atoms with Crippen LogP contribution in [0.1, 0.15) is 25.0 Å². The first-order valence-corrected chi connectivity index (χ1v) is 23.6. The van der Waals surface area contributed by atoms with Crippen molar-refractivity contribution in [1.29, 1.82) is 0 Å². The van der Waals surface area contributed by atoms with Crippen LogP contribution in [0.15, 0.2) is 231 Å². The van der Waals surface area contributed by atoms with Gasteiger partial charge in [-0.05, 0) is 191 Å². The molecule has 1 aliphatic rings. The largest absolute Gasteiger partial charge is 0.0616 e. The summed E-state index contributed by atoms with van der Waals surface area (Å²) in [5.41, 5.74) is 15.3. The number of fused-ring (bicyclic) bond motifs is 14. The van der Waals surface area contributed by atoms with E-state index in [9.17, 15) is 0 Å². The van der Waals surface area contributed by atoms with Crippen molar-refractivity contribution in [3.8, 4) is 55.6 Å². The fraction of sp³-hybridized carbons (Fsp3) is 0.0448. The van der Waals surface area contributed by atoms with Gasteiger partial charge < -0.3 is 0 Å². The van der Waals surface area contributed by atoms with Gasteiger partial charge in [-0.25, -0.2) is 0 Å². The highest BCUT2D eigenvalue weighted by Gasteiger charge is 2.36. The minimum Gasteiger partial charge on any atom is -0.0616 e. The van der Waals surface area contributed by atoms with Crippen LogP contribution in [-0.2, 0) is 5.41 Å². The molecule has 0 aliphatic heterocycles. The van der Waals surface area contributed by atoms with Gasteiger partial charge in [-0.3, -0.25) is 0 Å². The van der Waals surface area contributed by atoms with Crippen LogP contribution >= 0.6 is 0 Å². The standard InChI is InChI=1S/C67H44/c1-67(2)64-38-50(47-22-19-41-11-3-4-12-43(41)33-47)29-31-58(64)59-32-30-51(39-65(59)67)48-27-26-44-34-46(25-24-45(44)35-48)49-23-20-42-21-28-52(37-53(42)36-49)62-40-63-56-15-6-5-13-54(56)55-14-7-9-17-60(55)66(63)61-18-10-8-16-57(61)62/h3-40H,1-2H3. The minimum atomic E-state index is -0.118. The third-order valence-electron chi connectivity index (χ3n) is 15.2. The third-order valence-corrected chi connectivity index (χ3v) is 15.2. The van der Waals surface area contributed by atoms with E-state index in [4.69, 9.17) is 0 Å². The van der Waals surface area contributed by atoms with E-state index in [1.54, 1.807) is 0 Å². The Morgan fingerprint density at radius 2 is 0.567 bits per heavy atom. The van der Waals surface area contributed by atoms with Gasteiger partial charge in [0.15, 0.2) is 0 Å². The Morgan fingerprint density at radius 3 is 1.13 bits per heavy atom. The van der Waals surface area contributed by atoms with Crippen LogP contribution in [0.25, 0.3) is 131 Å². The smallest absolute Gasteiger partial charge is 0.0159 e. The van der Waals surface area contributed by atoms with Gasteiger partial charge in [0.2, 0.25) is 0 Å². The summed E-state index contributed by atoms with van der Waals surface area (Å²) in [6.07, 6.45) is 0. The Balaban J connectivity index is 0.799. The lowest BCUT2D eigenvalue weighted by atomic mass is 9.80. The average Bonchev–Trinajstić information content (AvgIpc) is 3.61. The van der Waals surface area contributed by atoms with Crippen molar-refractivity contribution < 1.29 is 0 Å². The van der Waals surface area contributed by atoms with Crippen LogP contribution in [0.3, 0.4) is 0 Å². The maximum atomic E-state index is 2.44. The molecule has 0 bridgehead atoms. The first-order chi connectivity index (χ1) is 32.9. The zero-order chi connectivity index (χ0) is 44.4. The molecule has 0 radical (unpaired) electrons. The van der Waals surface area contributed by atoms with Crippen molar-refractivity contribution >= 4 is 75.4 Å². The van der Waals surface area contributed by atoms with Crippen molar-refractivity contribution in [3.05, 3.63) is 242 Å². The van der Waals surface area contributed by atoms with Gasteiger partial charge in [0.25, 0.3) is 0 Å². The predicted octanol–water partition coefficient (Wildman–Crippen LogP) is 18.7. The number of benzene rings is 13. The van der Waals surface area contributed by atoms with Gasteiger partial charge in [0.05, 0.1) is 0 Å². The highest BCUT2D eigenvalue weighted by Crippen LogP contribution is 2.51. The fourth-order valence-corrected chi connectivity index (χ4v) is 11.7. The lowest BCUT2D eigenvalue weighted by Crippen LogP contribution is -2.15. The lowest BCUT2D eigenvalue weighted by molar-refractivity contribution is 0.661. The molecule has 0 heteroatoms. The van der Waals surface area contributed by atoms with Gasteiger partial charge in [-0.1, -0.05) is 196 Å². The molecule has 14 rings (SSSR count). The monoisotopic (exact) mass is 848 g/mol. The van der Waals surface area contributed by atoms with Gasteiger partial charge in [-0.15, -0.1) is 0 Å². The molecule has 67 heavy (non-hydrogen) atoms. The molecule has 0 saturated carbocycles. The first-order valence-electron chi connectivity index (χ1n) is 23.6. The number of hydrogen-bond acceptors (Lipinski definition) is 0. The van der Waals surface area contributed by atoms with Crippen LogP contribution < -0.4 is 0 Å². The molecular weight excluding hydrogens is 805 g/mol. The van der Waals surface area contributed by atoms with E-state index in [1.165, 1.54) is 142 Å². The van der Waals surface area contributed by atoms with Gasteiger partial charge in [-0.2, -0.15) is 0 Å². The first kappa shape index (κ1) is 38.0. The molecule has 13 aromatic rings. The molecule has 0 atom stereocenters. The van der Waals surface area contributed by atoms with Crippen molar-refractivity contribution in [3.63, 3.8) is 0 Å². The summed E-state index contributed by atoms with van der Waals surface area (Å²) >= 11 is 0. The highest BCUT2D eigenvalue weighted by atomic mass is 14.4. The second-order valence-corrected chi connectivity index (χ2v) is 19.2. The summed E-state index contributed by atoms with van der Waals surface area (Å²) in [6, 6.07) is 86.6. The minimum absolute atomic E-state index is 0.118. The SMILES string of the molecule is CC1(C)c2cc(-c3ccc4ccccc4c3)ccc2-c2ccc(-c3ccc4cc(-c5ccc6ccc(-c7cc8c9ccccc9c9ccccc9c8c8ccccc78)cc6c5)ccc4c3)cc21. The molecule has 13 aromatic carbocycles. The Morgan fingerprint density at radius 1 is 0.224 bits per heavy atom. The highest BCUT2D eigenvalue weighted by molar-refractivity contribution is 6.33. The van der Waals surface area contributed by atoms with E-state index in [1.807, 2.05) is 0 Å². The van der Waals surface area contributed by atoms with E-state index < -0.39 is 0 Å². The van der Waals surface area contributed by atoms with E-state index in [-0.39, 0.29) is 5.41 Å². The van der Waals surface area contributed by atoms with E-state index in [2.05, 4.69) is 244 Å². The summed E-state index contributed by atoms with van der Waals surface area (Å²) < 4.78 is 0. The molecule has 0 unspecified atom stereocenters. The normalized spacial score (nSPS) is 13.0. The van der Waals surface area contributed by atoms with Crippen molar-refractivity contribution in [2.45, 2.75) is 19.3 Å². The Kier molecular flexibility index (Phi) is 8.13. The molecule has 0 spiro atoms. The van der Waals surface area contributed by atoms with Crippen LogP contribution in [0.4, 0.5) is 0 Å². The lowest BCUT2D eigenvalue weighted by Gasteiger charge is -2.22. The Labute approximate surface area is 390 Å². The zero-order valence-corrected chi connectivity index (χ0v) is 37.4. The molecule has 0 heterocycles. The van der Waals surface area contributed by atoms with Crippen molar-refractivity contribution in [1.82, 2.24) is 0 Å². The summed E-state index contributed by atoms with van der Waals surface area (Å²) in [7, 11) is 0. The third kappa shape index (κ3) is 5.86. The second-order valence-electron chi connectivity index (χ2n) is 19.2. The number of rotatable bonds is 4. The second kappa shape index (κ2) is 14.3. The van der Waals surface area contributed by atoms with Crippen LogP contribution in [0, 0.1) is 0 Å². The van der Waals surface area contributed by atoms with E-state index in [0.29, 0.717) is 0 Å². The summed E-state index contributed by atoms with van der Waals surface area (Å²) in [4.78, 5) is 0. The summed E-state index contributed by atoms with van der Waals surface area (Å²) in [6.45, 7) is 4.77. The molecule has 1 aliphatic carbocycles. The van der Waals surface area contributed by atoms with Crippen LogP contribution in [0.5, 0.6) is 0 Å². The molecule has 0 aromatic heterocycles. The number of hydrogen-bond donors (Lipinski definition) is 0. The fourth-order valence-electron chi connectivity index (χ4n) is 11.7. The average molecular weight is 849 g/mol. The molecule has 0 N–H and O–H groups in total. The summed E-state index contributed by atoms with van der Waals surface area (Å²) in [5.74, 6) is 0. The summed E-state index contributed by atoms with van der Waals surface area (Å²) in [5, 5.41) is 17.9. The zero-order valence-electron chi connectivity index (χ0n) is 37.4. The molecule has 0 fully saturated rings. The van der Waals surface area contributed by atoms with Gasteiger partial charge >= 0.3 is 0 Å². The quantitative estimate of drug-likeness (QED) is 0.155. The van der Waals surface area contributed by atoms with E-state index in [0.717, 1.165) is 0 Å². The van der Waals surface area contributed by atoms with Gasteiger partial charge in [0, 0.05) is 5.41 Å². The van der Waals surface area contributed by atoms with Crippen LogP contribution in [0.2, 0.25) is 0 Å². The maximum absolute atomic E-state index is 2.44. The molecular formula is C67H44. The van der Waals surface area contributed by atoms with Crippen molar-refractivity contribution in [2.75, 3.05) is 0 Å². The molecule has 0 saturated heterocycles. The maximum Gasteiger partial charge on any atom is 0.0159 e. The Bertz CT molecular complexity index is 4240.